The third kappa shape index (κ3) is 7.78. The van der Waals surface area contributed by atoms with E-state index >= 15 is 0 Å². The summed E-state index contributed by atoms with van der Waals surface area (Å²) in [4.78, 5) is 29.1. The first-order chi connectivity index (χ1) is 20.8. The Morgan fingerprint density at radius 2 is 1.70 bits per heavy atom. The van der Waals surface area contributed by atoms with Crippen LogP contribution in [0.15, 0.2) is 65.6 Å². The minimum Gasteiger partial charge on any atom is -0.492 e. The lowest BCUT2D eigenvalue weighted by Crippen LogP contribution is -2.30. The average Bonchev–Trinajstić information content (AvgIpc) is 3.61. The van der Waals surface area contributed by atoms with Crippen molar-refractivity contribution in [1.29, 1.82) is 0 Å². The van der Waals surface area contributed by atoms with Crippen LogP contribution in [-0.2, 0) is 11.2 Å². The normalized spacial score (nSPS) is 16.3. The first-order valence-electron chi connectivity index (χ1n) is 14.3. The van der Waals surface area contributed by atoms with Gasteiger partial charge in [-0.05, 0) is 98.4 Å². The van der Waals surface area contributed by atoms with Gasteiger partial charge in [-0.3, -0.25) is 14.6 Å². The molecule has 0 saturated carbocycles. The van der Waals surface area contributed by atoms with Crippen molar-refractivity contribution in [2.45, 2.75) is 26.2 Å². The molecule has 2 fully saturated rings. The number of likely N-dealkylation sites (tertiary alicyclic amines) is 1. The first-order valence-corrected chi connectivity index (χ1v) is 15.9. The zero-order chi connectivity index (χ0) is 30.3. The highest BCUT2D eigenvalue weighted by Crippen LogP contribution is 2.37. The van der Waals surface area contributed by atoms with Crippen LogP contribution in [0.3, 0.4) is 0 Å². The molecule has 7 nitrogen and oxygen atoms in total. The minimum atomic E-state index is -0.970. The number of rotatable bonds is 12. The number of benzene rings is 3. The van der Waals surface area contributed by atoms with Gasteiger partial charge in [0.15, 0.2) is 0 Å². The maximum Gasteiger partial charge on any atom is 0.335 e. The second-order valence-corrected chi connectivity index (χ2v) is 12.4. The Hall–Kier alpha value is -3.37. The summed E-state index contributed by atoms with van der Waals surface area (Å²) >= 11 is 13.3. The zero-order valence-corrected chi connectivity index (χ0v) is 26.3. The average molecular weight is 637 g/mol. The summed E-state index contributed by atoms with van der Waals surface area (Å²) in [6, 6.07) is 18.3. The molecule has 0 unspecified atom stereocenters. The third-order valence-electron chi connectivity index (χ3n) is 7.42. The highest BCUT2D eigenvalue weighted by atomic mass is 35.5. The summed E-state index contributed by atoms with van der Waals surface area (Å²) in [5.74, 6) is 0.206. The molecule has 3 aromatic carbocycles. The van der Waals surface area contributed by atoms with E-state index in [0.717, 1.165) is 41.9 Å². The van der Waals surface area contributed by atoms with Gasteiger partial charge < -0.3 is 14.6 Å². The van der Waals surface area contributed by atoms with Crippen LogP contribution in [0, 0.1) is 0 Å². The van der Waals surface area contributed by atoms with E-state index in [4.69, 9.17) is 38.4 Å². The first kappa shape index (κ1) is 31.1. The largest absolute Gasteiger partial charge is 0.492 e. The van der Waals surface area contributed by atoms with Crippen LogP contribution < -0.4 is 9.47 Å². The molecule has 1 amide bonds. The number of ether oxygens (including phenoxy) is 2. The topological polar surface area (TPSA) is 79.3 Å². The van der Waals surface area contributed by atoms with E-state index in [0.29, 0.717) is 51.9 Å². The van der Waals surface area contributed by atoms with Crippen molar-refractivity contribution in [2.24, 2.45) is 0 Å². The summed E-state index contributed by atoms with van der Waals surface area (Å²) < 4.78 is 12.3. The molecule has 0 atom stereocenters. The van der Waals surface area contributed by atoms with Crippen LogP contribution in [-0.4, -0.2) is 70.5 Å². The predicted octanol–water partition coefficient (Wildman–Crippen LogP) is 7.02. The number of nitrogens with zero attached hydrogens (tertiary/aromatic N) is 2. The number of carbonyl (C=O) groups is 2. The fraction of sp³-hybridized carbons (Fsp3) is 0.303. The van der Waals surface area contributed by atoms with Gasteiger partial charge in [-0.2, -0.15) is 0 Å². The molecule has 43 heavy (non-hydrogen) atoms. The molecule has 0 aliphatic carbocycles. The van der Waals surface area contributed by atoms with Gasteiger partial charge in [-0.1, -0.05) is 59.8 Å². The molecule has 3 aromatic rings. The second-order valence-electron chi connectivity index (χ2n) is 10.3. The molecule has 224 valence electrons. The van der Waals surface area contributed by atoms with Gasteiger partial charge in [-0.25, -0.2) is 4.79 Å². The summed E-state index contributed by atoms with van der Waals surface area (Å²) in [6.07, 6.45) is 4.85. The second kappa shape index (κ2) is 14.4. The number of carbonyl (C=O) groups excluding carboxylic acids is 1. The van der Waals surface area contributed by atoms with Gasteiger partial charge in [0.1, 0.15) is 22.4 Å². The molecule has 1 N–H and O–H groups in total. The number of carboxylic acids is 1. The molecule has 0 aromatic heterocycles. The molecule has 2 heterocycles. The molecular formula is C33H33ClN2O5S2. The van der Waals surface area contributed by atoms with Crippen molar-refractivity contribution in [1.82, 2.24) is 9.80 Å². The maximum atomic E-state index is 13.5. The van der Waals surface area contributed by atoms with Gasteiger partial charge >= 0.3 is 5.97 Å². The van der Waals surface area contributed by atoms with Crippen molar-refractivity contribution in [3.63, 3.8) is 0 Å². The summed E-state index contributed by atoms with van der Waals surface area (Å²) in [7, 11) is 0. The molecule has 2 aliphatic rings. The number of amides is 1. The van der Waals surface area contributed by atoms with E-state index in [1.165, 1.54) is 24.6 Å². The summed E-state index contributed by atoms with van der Waals surface area (Å²) in [5, 5.41) is 9.67. The fourth-order valence-corrected chi connectivity index (χ4v) is 6.64. The SMILES string of the molecule is CCOc1ccc(-c2ccc(OCCN3CCCC3)c(/C=C3\SC(=S)N(CCc4ccc(C(=O)O)cc4)C3=O)c2)cc1Cl. The van der Waals surface area contributed by atoms with Crippen LogP contribution in [0.4, 0.5) is 0 Å². The molecule has 0 bridgehead atoms. The number of hydrogen-bond donors (Lipinski definition) is 1. The Morgan fingerprint density at radius 1 is 1.00 bits per heavy atom. The minimum absolute atomic E-state index is 0.158. The number of aromatic carboxylic acids is 1. The van der Waals surface area contributed by atoms with Crippen molar-refractivity contribution in [2.75, 3.05) is 39.4 Å². The van der Waals surface area contributed by atoms with Gasteiger partial charge in [0.2, 0.25) is 0 Å². The Bertz CT molecular complexity index is 1540. The third-order valence-corrected chi connectivity index (χ3v) is 9.10. The Kier molecular flexibility index (Phi) is 10.4. The van der Waals surface area contributed by atoms with Gasteiger partial charge in [0, 0.05) is 18.7 Å². The highest BCUT2D eigenvalue weighted by molar-refractivity contribution is 8.26. The van der Waals surface area contributed by atoms with E-state index in [1.807, 2.05) is 49.4 Å². The van der Waals surface area contributed by atoms with E-state index in [2.05, 4.69) is 4.90 Å². The zero-order valence-electron chi connectivity index (χ0n) is 23.9. The standard InChI is InChI=1S/C33H33ClN2O5S2/c1-2-40-29-12-10-25(20-27(29)34)24-9-11-28(41-18-17-35-14-3-4-15-35)26(19-24)21-30-31(37)36(33(42)43-30)16-13-22-5-7-23(8-6-22)32(38)39/h5-12,19-21H,2-4,13-18H2,1H3,(H,38,39)/b30-21-. The quantitative estimate of drug-likeness (QED) is 0.168. The lowest BCUT2D eigenvalue weighted by molar-refractivity contribution is -0.122. The van der Waals surface area contributed by atoms with Gasteiger partial charge in [0.05, 0.1) is 22.1 Å². The molecule has 0 radical (unpaired) electrons. The van der Waals surface area contributed by atoms with Gasteiger partial charge in [0.25, 0.3) is 5.91 Å². The van der Waals surface area contributed by atoms with E-state index in [9.17, 15) is 9.59 Å². The van der Waals surface area contributed by atoms with Crippen molar-refractivity contribution < 1.29 is 24.2 Å². The number of thioether (sulfide) groups is 1. The number of carboxylic acid groups (broad SMARTS) is 1. The molecule has 10 heteroatoms. The maximum absolute atomic E-state index is 13.5. The molecule has 2 aliphatic heterocycles. The van der Waals surface area contributed by atoms with Crippen molar-refractivity contribution in [3.8, 4) is 22.6 Å². The van der Waals surface area contributed by atoms with Crippen LogP contribution in [0.2, 0.25) is 5.02 Å². The Labute approximate surface area is 266 Å². The molecule has 2 saturated heterocycles. The molecular weight excluding hydrogens is 604 g/mol. The lowest BCUT2D eigenvalue weighted by atomic mass is 10.0. The number of halogens is 1. The Morgan fingerprint density at radius 3 is 2.37 bits per heavy atom. The Balaban J connectivity index is 1.37. The van der Waals surface area contributed by atoms with E-state index in [1.54, 1.807) is 29.2 Å². The van der Waals surface area contributed by atoms with Crippen LogP contribution >= 0.6 is 35.6 Å². The molecule has 0 spiro atoms. The summed E-state index contributed by atoms with van der Waals surface area (Å²) in [5.41, 5.74) is 3.80. The van der Waals surface area contributed by atoms with Gasteiger partial charge in [-0.15, -0.1) is 0 Å². The number of thiocarbonyl (C=S) groups is 1. The van der Waals surface area contributed by atoms with Crippen LogP contribution in [0.1, 0.15) is 41.3 Å². The predicted molar refractivity (Wildman–Crippen MR) is 176 cm³/mol. The summed E-state index contributed by atoms with van der Waals surface area (Å²) in [6.45, 7) is 6.45. The van der Waals surface area contributed by atoms with E-state index in [-0.39, 0.29) is 11.5 Å². The fourth-order valence-electron chi connectivity index (χ4n) is 5.11. The van der Waals surface area contributed by atoms with Crippen LogP contribution in [0.25, 0.3) is 17.2 Å². The van der Waals surface area contributed by atoms with E-state index < -0.39 is 5.97 Å². The van der Waals surface area contributed by atoms with Crippen LogP contribution in [0.5, 0.6) is 11.5 Å². The highest BCUT2D eigenvalue weighted by Gasteiger charge is 2.32. The lowest BCUT2D eigenvalue weighted by Gasteiger charge is -2.17. The molecule has 5 rings (SSSR count). The van der Waals surface area contributed by atoms with Crippen molar-refractivity contribution >= 4 is 57.9 Å². The van der Waals surface area contributed by atoms with Crippen molar-refractivity contribution in [3.05, 3.63) is 87.3 Å². The smallest absolute Gasteiger partial charge is 0.335 e. The monoisotopic (exact) mass is 636 g/mol. The number of hydrogen-bond acceptors (Lipinski definition) is 7.